The molecule has 6 nitrogen and oxygen atoms in total. The molecule has 57 heavy (non-hydrogen) atoms. The third-order valence-corrected chi connectivity index (χ3v) is 11.2. The van der Waals surface area contributed by atoms with E-state index in [2.05, 4.69) is 137 Å². The van der Waals surface area contributed by atoms with Gasteiger partial charge in [0.1, 0.15) is 11.2 Å². The molecular weight excluding hydrogens is 699 g/mol. The number of hydrogen-bond acceptors (Lipinski definition) is 4. The highest BCUT2D eigenvalue weighted by atomic mass is 16.3. The van der Waals surface area contributed by atoms with Crippen molar-refractivity contribution in [1.29, 1.82) is 0 Å². The van der Waals surface area contributed by atoms with Crippen LogP contribution in [0.15, 0.2) is 192 Å². The predicted octanol–water partition coefficient (Wildman–Crippen LogP) is 13.0. The van der Waals surface area contributed by atoms with E-state index in [-0.39, 0.29) is 0 Å². The highest BCUT2D eigenvalue weighted by Crippen LogP contribution is 2.40. The van der Waals surface area contributed by atoms with Gasteiger partial charge in [-0.2, -0.15) is 0 Å². The molecular formula is C51H31N5O. The van der Waals surface area contributed by atoms with Crippen LogP contribution in [-0.2, 0) is 0 Å². The standard InChI is InChI=1S/C51H31N5O/c1-3-13-32(14-4-1)49-52-50(54-51(53-49)34-25-28-48-42(29-34)39-19-9-12-22-47(39)57-48)33-23-26-36(27-24-33)56-44-21-11-8-18-38(44)41-30-45-40(31-46(41)56)37-17-7-10-20-43(37)55(45)35-15-5-2-6-16-35/h1-31H. The SMILES string of the molecule is c1ccc(-c2nc(-c3ccc(-n4c5ccccc5c5cc6c(cc54)c4ccccc4n6-c4ccccc4)cc3)nc(-c3ccc4oc5ccccc5c4c3)n2)cc1. The average Bonchev–Trinajstić information content (AvgIpc) is 3.93. The zero-order valence-corrected chi connectivity index (χ0v) is 30.5. The van der Waals surface area contributed by atoms with E-state index in [0.29, 0.717) is 17.5 Å². The first-order valence-corrected chi connectivity index (χ1v) is 19.1. The van der Waals surface area contributed by atoms with Gasteiger partial charge in [0.05, 0.1) is 22.1 Å². The fourth-order valence-electron chi connectivity index (χ4n) is 8.54. The monoisotopic (exact) mass is 729 g/mol. The first-order chi connectivity index (χ1) is 28.2. The van der Waals surface area contributed by atoms with Gasteiger partial charge in [-0.25, -0.2) is 15.0 Å². The van der Waals surface area contributed by atoms with Crippen molar-refractivity contribution in [1.82, 2.24) is 24.1 Å². The van der Waals surface area contributed by atoms with Crippen LogP contribution in [0.3, 0.4) is 0 Å². The number of benzene rings is 8. The Hall–Kier alpha value is -7.83. The van der Waals surface area contributed by atoms with Crippen LogP contribution >= 0.6 is 0 Å². The van der Waals surface area contributed by atoms with Crippen molar-refractivity contribution in [2.75, 3.05) is 0 Å². The zero-order valence-electron chi connectivity index (χ0n) is 30.5. The van der Waals surface area contributed by atoms with Crippen molar-refractivity contribution in [3.63, 3.8) is 0 Å². The number of para-hydroxylation sites is 4. The molecule has 266 valence electrons. The van der Waals surface area contributed by atoms with Gasteiger partial charge < -0.3 is 13.6 Å². The maximum absolute atomic E-state index is 6.13. The molecule has 0 aliphatic rings. The summed E-state index contributed by atoms with van der Waals surface area (Å²) >= 11 is 0. The van der Waals surface area contributed by atoms with Gasteiger partial charge in [-0.15, -0.1) is 0 Å². The lowest BCUT2D eigenvalue weighted by atomic mass is 10.1. The molecule has 12 aromatic rings. The fourth-order valence-corrected chi connectivity index (χ4v) is 8.54. The number of hydrogen-bond donors (Lipinski definition) is 0. The Kier molecular flexibility index (Phi) is 6.83. The van der Waals surface area contributed by atoms with Crippen LogP contribution in [0.25, 0.3) is 111 Å². The van der Waals surface area contributed by atoms with Crippen LogP contribution in [-0.4, -0.2) is 24.1 Å². The highest BCUT2D eigenvalue weighted by molar-refractivity contribution is 6.19. The van der Waals surface area contributed by atoms with E-state index >= 15 is 0 Å². The van der Waals surface area contributed by atoms with E-state index in [1.54, 1.807) is 0 Å². The number of rotatable bonds is 5. The highest BCUT2D eigenvalue weighted by Gasteiger charge is 2.19. The number of aromatic nitrogens is 5. The van der Waals surface area contributed by atoms with Crippen molar-refractivity contribution in [2.45, 2.75) is 0 Å². The smallest absolute Gasteiger partial charge is 0.164 e. The van der Waals surface area contributed by atoms with Crippen molar-refractivity contribution >= 4 is 65.6 Å². The molecule has 0 aliphatic heterocycles. The van der Waals surface area contributed by atoms with Gasteiger partial charge in [-0.3, -0.25) is 0 Å². The molecule has 0 fully saturated rings. The second kappa shape index (κ2) is 12.3. The molecule has 0 aliphatic carbocycles. The van der Waals surface area contributed by atoms with Crippen LogP contribution < -0.4 is 0 Å². The van der Waals surface area contributed by atoms with E-state index in [1.165, 1.54) is 32.6 Å². The van der Waals surface area contributed by atoms with E-state index < -0.39 is 0 Å². The molecule has 0 saturated heterocycles. The minimum absolute atomic E-state index is 0.608. The molecule has 0 N–H and O–H groups in total. The number of furan rings is 1. The van der Waals surface area contributed by atoms with Gasteiger partial charge in [0.25, 0.3) is 0 Å². The maximum Gasteiger partial charge on any atom is 0.164 e. The summed E-state index contributed by atoms with van der Waals surface area (Å²) in [6.07, 6.45) is 0. The lowest BCUT2D eigenvalue weighted by Crippen LogP contribution is -2.00. The normalized spacial score (nSPS) is 11.9. The minimum atomic E-state index is 0.608. The molecule has 0 atom stereocenters. The van der Waals surface area contributed by atoms with Crippen LogP contribution in [0.5, 0.6) is 0 Å². The van der Waals surface area contributed by atoms with Crippen molar-refractivity contribution in [2.24, 2.45) is 0 Å². The maximum atomic E-state index is 6.13. The fraction of sp³-hybridized carbons (Fsp3) is 0. The Morgan fingerprint density at radius 2 is 0.754 bits per heavy atom. The molecule has 0 amide bonds. The molecule has 0 spiro atoms. The summed E-state index contributed by atoms with van der Waals surface area (Å²) in [5.74, 6) is 1.84. The summed E-state index contributed by atoms with van der Waals surface area (Å²) in [5, 5.41) is 6.96. The Labute approximate surface area is 326 Å². The molecule has 0 bridgehead atoms. The van der Waals surface area contributed by atoms with E-state index in [0.717, 1.165) is 61.0 Å². The van der Waals surface area contributed by atoms with Crippen LogP contribution in [0, 0.1) is 0 Å². The van der Waals surface area contributed by atoms with Crippen LogP contribution in [0.1, 0.15) is 0 Å². The summed E-state index contributed by atoms with van der Waals surface area (Å²) in [5.41, 5.74) is 11.3. The first-order valence-electron chi connectivity index (χ1n) is 19.1. The Morgan fingerprint density at radius 3 is 1.39 bits per heavy atom. The van der Waals surface area contributed by atoms with Crippen LogP contribution in [0.2, 0.25) is 0 Å². The molecule has 4 heterocycles. The first kappa shape index (κ1) is 31.5. The topological polar surface area (TPSA) is 61.7 Å². The largest absolute Gasteiger partial charge is 0.456 e. The lowest BCUT2D eigenvalue weighted by molar-refractivity contribution is 0.669. The summed E-state index contributed by atoms with van der Waals surface area (Å²) in [4.78, 5) is 15.1. The second-order valence-corrected chi connectivity index (χ2v) is 14.5. The summed E-state index contributed by atoms with van der Waals surface area (Å²) in [7, 11) is 0. The Balaban J connectivity index is 1.02. The minimum Gasteiger partial charge on any atom is -0.456 e. The third kappa shape index (κ3) is 4.94. The zero-order chi connectivity index (χ0) is 37.5. The second-order valence-electron chi connectivity index (χ2n) is 14.5. The molecule has 0 saturated carbocycles. The summed E-state index contributed by atoms with van der Waals surface area (Å²) in [6.45, 7) is 0. The van der Waals surface area contributed by atoms with Crippen molar-refractivity contribution in [3.05, 3.63) is 188 Å². The van der Waals surface area contributed by atoms with E-state index in [9.17, 15) is 0 Å². The molecule has 0 radical (unpaired) electrons. The van der Waals surface area contributed by atoms with Crippen molar-refractivity contribution in [3.8, 4) is 45.5 Å². The molecule has 0 unspecified atom stereocenters. The molecule has 8 aromatic carbocycles. The van der Waals surface area contributed by atoms with Gasteiger partial charge in [0, 0.05) is 60.4 Å². The van der Waals surface area contributed by atoms with Crippen molar-refractivity contribution < 1.29 is 4.42 Å². The Morgan fingerprint density at radius 1 is 0.298 bits per heavy atom. The lowest BCUT2D eigenvalue weighted by Gasteiger charge is -2.11. The van der Waals surface area contributed by atoms with Gasteiger partial charge >= 0.3 is 0 Å². The Bertz CT molecular complexity index is 3510. The van der Waals surface area contributed by atoms with Gasteiger partial charge in [0.2, 0.25) is 0 Å². The van der Waals surface area contributed by atoms with Crippen LogP contribution in [0.4, 0.5) is 0 Å². The molecule has 12 rings (SSSR count). The summed E-state index contributed by atoms with van der Waals surface area (Å²) < 4.78 is 10.9. The number of nitrogens with zero attached hydrogens (tertiary/aromatic N) is 5. The summed E-state index contributed by atoms with van der Waals surface area (Å²) in [6, 6.07) is 65.7. The third-order valence-electron chi connectivity index (χ3n) is 11.2. The number of fused-ring (bicyclic) bond motifs is 9. The average molecular weight is 730 g/mol. The van der Waals surface area contributed by atoms with Gasteiger partial charge in [-0.1, -0.05) is 103 Å². The molecule has 4 aromatic heterocycles. The predicted molar refractivity (Wildman–Crippen MR) is 232 cm³/mol. The van der Waals surface area contributed by atoms with Gasteiger partial charge in [0.15, 0.2) is 17.5 Å². The van der Waals surface area contributed by atoms with E-state index in [4.69, 9.17) is 19.4 Å². The van der Waals surface area contributed by atoms with E-state index in [1.807, 2.05) is 60.7 Å². The van der Waals surface area contributed by atoms with Gasteiger partial charge in [-0.05, 0) is 84.9 Å². The molecule has 6 heteroatoms. The quantitative estimate of drug-likeness (QED) is 0.177.